The molecule has 6 nitrogen and oxygen atoms in total. The van der Waals surface area contributed by atoms with Crippen LogP contribution in [0.25, 0.3) is 5.69 Å². The Bertz CT molecular complexity index is 1000. The van der Waals surface area contributed by atoms with Crippen molar-refractivity contribution in [2.24, 2.45) is 0 Å². The van der Waals surface area contributed by atoms with Crippen molar-refractivity contribution in [3.05, 3.63) is 102 Å². The first kappa shape index (κ1) is 18.8. The lowest BCUT2D eigenvalue weighted by molar-refractivity contribution is 0.306. The maximum Gasteiger partial charge on any atom is 0.138 e. The zero-order chi connectivity index (χ0) is 19.9. The van der Waals surface area contributed by atoms with Crippen molar-refractivity contribution in [2.45, 2.75) is 26.1 Å². The molecule has 0 unspecified atom stereocenters. The number of hydrogen-bond donors (Lipinski definition) is 1. The van der Waals surface area contributed by atoms with Gasteiger partial charge in [0.2, 0.25) is 0 Å². The molecule has 0 radical (unpaired) electrons. The highest BCUT2D eigenvalue weighted by molar-refractivity contribution is 5.34. The standard InChI is InChI=1S/C23H23N5O/c1-18(21-4-6-22(7-5-21)28-17-25-16-27-28)26-14-19-2-8-23(9-3-19)29-15-20-10-12-24-13-11-20/h2-13,16-18,26H,14-15H2,1H3/t18-/m1/s1. The maximum absolute atomic E-state index is 5.82. The van der Waals surface area contributed by atoms with E-state index >= 15 is 0 Å². The molecule has 0 aliphatic carbocycles. The van der Waals surface area contributed by atoms with E-state index in [0.29, 0.717) is 6.61 Å². The molecule has 0 spiro atoms. The van der Waals surface area contributed by atoms with Crippen LogP contribution in [0, 0.1) is 0 Å². The quantitative estimate of drug-likeness (QED) is 0.495. The minimum Gasteiger partial charge on any atom is -0.489 e. The van der Waals surface area contributed by atoms with E-state index < -0.39 is 0 Å². The van der Waals surface area contributed by atoms with Gasteiger partial charge in [-0.2, -0.15) is 5.10 Å². The van der Waals surface area contributed by atoms with E-state index in [1.165, 1.54) is 17.5 Å². The largest absolute Gasteiger partial charge is 0.489 e. The van der Waals surface area contributed by atoms with Gasteiger partial charge in [-0.1, -0.05) is 24.3 Å². The SMILES string of the molecule is C[C@@H](NCc1ccc(OCc2ccncc2)cc1)c1ccc(-n2cncn2)cc1. The zero-order valence-electron chi connectivity index (χ0n) is 16.3. The van der Waals surface area contributed by atoms with Crippen molar-refractivity contribution in [1.29, 1.82) is 0 Å². The number of pyridine rings is 1. The normalized spacial score (nSPS) is 11.9. The predicted octanol–water partition coefficient (Wildman–Crippen LogP) is 4.09. The predicted molar refractivity (Wildman–Crippen MR) is 112 cm³/mol. The van der Waals surface area contributed by atoms with Crippen molar-refractivity contribution >= 4 is 0 Å². The number of nitrogens with one attached hydrogen (secondary N) is 1. The van der Waals surface area contributed by atoms with Crippen LogP contribution in [0.15, 0.2) is 85.7 Å². The molecule has 0 amide bonds. The summed E-state index contributed by atoms with van der Waals surface area (Å²) in [6.45, 7) is 3.50. The molecule has 2 heterocycles. The molecular weight excluding hydrogens is 362 g/mol. The molecule has 29 heavy (non-hydrogen) atoms. The van der Waals surface area contributed by atoms with Gasteiger partial charge in [0.15, 0.2) is 0 Å². The van der Waals surface area contributed by atoms with Gasteiger partial charge in [0.1, 0.15) is 25.0 Å². The summed E-state index contributed by atoms with van der Waals surface area (Å²) >= 11 is 0. The zero-order valence-corrected chi connectivity index (χ0v) is 16.3. The molecule has 0 fully saturated rings. The molecule has 4 rings (SSSR count). The Morgan fingerprint density at radius 1 is 0.897 bits per heavy atom. The van der Waals surface area contributed by atoms with Gasteiger partial charge in [0.05, 0.1) is 5.69 Å². The first-order valence-electron chi connectivity index (χ1n) is 9.57. The molecule has 4 aromatic rings. The minimum absolute atomic E-state index is 0.238. The van der Waals surface area contributed by atoms with Crippen molar-refractivity contribution in [3.63, 3.8) is 0 Å². The van der Waals surface area contributed by atoms with Gasteiger partial charge in [-0.3, -0.25) is 4.98 Å². The average molecular weight is 385 g/mol. The van der Waals surface area contributed by atoms with Crippen LogP contribution in [-0.4, -0.2) is 19.7 Å². The topological polar surface area (TPSA) is 64.9 Å². The molecule has 0 saturated heterocycles. The van der Waals surface area contributed by atoms with E-state index in [0.717, 1.165) is 23.5 Å². The Morgan fingerprint density at radius 2 is 1.66 bits per heavy atom. The highest BCUT2D eigenvalue weighted by atomic mass is 16.5. The summed E-state index contributed by atoms with van der Waals surface area (Å²) in [5.74, 6) is 0.863. The molecule has 1 N–H and O–H groups in total. The van der Waals surface area contributed by atoms with E-state index in [-0.39, 0.29) is 6.04 Å². The summed E-state index contributed by atoms with van der Waals surface area (Å²) in [5.41, 5.74) is 4.55. The number of rotatable bonds is 8. The fourth-order valence-electron chi connectivity index (χ4n) is 3.00. The summed E-state index contributed by atoms with van der Waals surface area (Å²) in [4.78, 5) is 8.00. The molecule has 0 aliphatic rings. The first-order chi connectivity index (χ1) is 14.3. The third-order valence-electron chi connectivity index (χ3n) is 4.77. The third-order valence-corrected chi connectivity index (χ3v) is 4.77. The lowest BCUT2D eigenvalue weighted by Crippen LogP contribution is -2.18. The molecule has 0 aliphatic heterocycles. The average Bonchev–Trinajstić information content (AvgIpc) is 3.33. The Morgan fingerprint density at radius 3 is 2.34 bits per heavy atom. The lowest BCUT2D eigenvalue weighted by atomic mass is 10.1. The smallest absolute Gasteiger partial charge is 0.138 e. The molecule has 0 bridgehead atoms. The number of hydrogen-bond acceptors (Lipinski definition) is 5. The van der Waals surface area contributed by atoms with Crippen LogP contribution in [0.4, 0.5) is 0 Å². The number of aromatic nitrogens is 4. The van der Waals surface area contributed by atoms with Gasteiger partial charge in [0.25, 0.3) is 0 Å². The van der Waals surface area contributed by atoms with Gasteiger partial charge in [-0.05, 0) is 60.0 Å². The number of ether oxygens (including phenoxy) is 1. The van der Waals surface area contributed by atoms with E-state index in [1.54, 1.807) is 23.4 Å². The van der Waals surface area contributed by atoms with Crippen LogP contribution in [0.1, 0.15) is 29.7 Å². The van der Waals surface area contributed by atoms with E-state index in [9.17, 15) is 0 Å². The summed E-state index contributed by atoms with van der Waals surface area (Å²) in [6.07, 6.45) is 6.78. The van der Waals surface area contributed by atoms with Crippen LogP contribution in [0.5, 0.6) is 5.75 Å². The van der Waals surface area contributed by atoms with Gasteiger partial charge < -0.3 is 10.1 Å². The second-order valence-corrected chi connectivity index (χ2v) is 6.82. The van der Waals surface area contributed by atoms with Gasteiger partial charge in [-0.15, -0.1) is 0 Å². The van der Waals surface area contributed by atoms with Crippen LogP contribution >= 0.6 is 0 Å². The van der Waals surface area contributed by atoms with E-state index in [2.05, 4.69) is 63.7 Å². The van der Waals surface area contributed by atoms with E-state index in [4.69, 9.17) is 4.74 Å². The molecule has 146 valence electrons. The summed E-state index contributed by atoms with van der Waals surface area (Å²) in [6, 6.07) is 20.7. The number of benzene rings is 2. The number of nitrogens with zero attached hydrogens (tertiary/aromatic N) is 4. The van der Waals surface area contributed by atoms with Crippen molar-refractivity contribution in [1.82, 2.24) is 25.1 Å². The van der Waals surface area contributed by atoms with Gasteiger partial charge in [0, 0.05) is 25.0 Å². The second-order valence-electron chi connectivity index (χ2n) is 6.82. The first-order valence-corrected chi connectivity index (χ1v) is 9.57. The Hall–Kier alpha value is -3.51. The fraction of sp³-hybridized carbons (Fsp3) is 0.174. The molecule has 6 heteroatoms. The molecule has 2 aromatic carbocycles. The highest BCUT2D eigenvalue weighted by Crippen LogP contribution is 2.17. The summed E-state index contributed by atoms with van der Waals surface area (Å²) in [5, 5.41) is 7.72. The van der Waals surface area contributed by atoms with Gasteiger partial charge in [-0.25, -0.2) is 9.67 Å². The van der Waals surface area contributed by atoms with Crippen LogP contribution in [0.3, 0.4) is 0 Å². The second kappa shape index (κ2) is 9.12. The van der Waals surface area contributed by atoms with Crippen molar-refractivity contribution in [2.75, 3.05) is 0 Å². The Kier molecular flexibility index (Phi) is 5.92. The minimum atomic E-state index is 0.238. The lowest BCUT2D eigenvalue weighted by Gasteiger charge is -2.15. The van der Waals surface area contributed by atoms with Crippen LogP contribution < -0.4 is 10.1 Å². The van der Waals surface area contributed by atoms with Crippen LogP contribution in [-0.2, 0) is 13.2 Å². The van der Waals surface area contributed by atoms with E-state index in [1.807, 2.05) is 24.3 Å². The fourth-order valence-corrected chi connectivity index (χ4v) is 3.00. The van der Waals surface area contributed by atoms with Crippen molar-refractivity contribution < 1.29 is 4.74 Å². The summed E-state index contributed by atoms with van der Waals surface area (Å²) in [7, 11) is 0. The Labute approximate surface area is 170 Å². The van der Waals surface area contributed by atoms with Crippen LogP contribution in [0.2, 0.25) is 0 Å². The Balaban J connectivity index is 1.28. The molecular formula is C23H23N5O. The summed E-state index contributed by atoms with van der Waals surface area (Å²) < 4.78 is 7.57. The van der Waals surface area contributed by atoms with Gasteiger partial charge >= 0.3 is 0 Å². The molecule has 1 atom stereocenters. The third kappa shape index (κ3) is 5.06. The monoisotopic (exact) mass is 385 g/mol. The molecule has 0 saturated carbocycles. The highest BCUT2D eigenvalue weighted by Gasteiger charge is 2.06. The molecule has 2 aromatic heterocycles. The van der Waals surface area contributed by atoms with Crippen molar-refractivity contribution in [3.8, 4) is 11.4 Å². The maximum atomic E-state index is 5.82.